The molecule has 1 aromatic heterocycles. The van der Waals surface area contributed by atoms with Crippen molar-refractivity contribution in [3.63, 3.8) is 0 Å². The van der Waals surface area contributed by atoms with Crippen molar-refractivity contribution in [2.24, 2.45) is 0 Å². The van der Waals surface area contributed by atoms with Gasteiger partial charge in [0.15, 0.2) is 0 Å². The lowest BCUT2D eigenvalue weighted by atomic mass is 10.1. The molecule has 1 aliphatic rings. The topological polar surface area (TPSA) is 87.0 Å². The number of hydrogen-bond donors (Lipinski definition) is 3. The second-order valence-electron chi connectivity index (χ2n) is 4.47. The highest BCUT2D eigenvalue weighted by molar-refractivity contribution is 5.96. The van der Waals surface area contributed by atoms with E-state index in [9.17, 15) is 4.79 Å². The summed E-state index contributed by atoms with van der Waals surface area (Å²) >= 11 is 0. The van der Waals surface area contributed by atoms with Gasteiger partial charge < -0.3 is 16.0 Å². The molecule has 1 aliphatic heterocycles. The summed E-state index contributed by atoms with van der Waals surface area (Å²) < 4.78 is 0. The van der Waals surface area contributed by atoms with Crippen LogP contribution in [-0.2, 0) is 4.79 Å². The zero-order chi connectivity index (χ0) is 13.2. The predicted molar refractivity (Wildman–Crippen MR) is 73.7 cm³/mol. The molecule has 2 aromatic rings. The Labute approximate surface area is 110 Å². The molecular formula is C13H15N5O. The average Bonchev–Trinajstić information content (AvgIpc) is 2.86. The Morgan fingerprint density at radius 1 is 1.37 bits per heavy atom. The maximum absolute atomic E-state index is 11.9. The first kappa shape index (κ1) is 11.7. The lowest BCUT2D eigenvalue weighted by Crippen LogP contribution is -2.48. The van der Waals surface area contributed by atoms with Gasteiger partial charge in [0.2, 0.25) is 5.91 Å². The first-order chi connectivity index (χ1) is 9.25. The number of nitrogens with zero attached hydrogens (tertiary/aromatic N) is 2. The van der Waals surface area contributed by atoms with Crippen LogP contribution < -0.4 is 16.0 Å². The number of anilines is 2. The molecule has 3 rings (SSSR count). The zero-order valence-electron chi connectivity index (χ0n) is 10.4. The number of hydrogen-bond acceptors (Lipinski definition) is 4. The van der Waals surface area contributed by atoms with Crippen LogP contribution in [0.1, 0.15) is 0 Å². The van der Waals surface area contributed by atoms with Crippen molar-refractivity contribution in [1.29, 1.82) is 0 Å². The van der Waals surface area contributed by atoms with E-state index in [2.05, 4.69) is 15.5 Å². The Morgan fingerprint density at radius 2 is 2.26 bits per heavy atom. The van der Waals surface area contributed by atoms with Crippen molar-refractivity contribution >= 4 is 17.4 Å². The fourth-order valence-electron chi connectivity index (χ4n) is 2.25. The summed E-state index contributed by atoms with van der Waals surface area (Å²) in [6.45, 7) is 1.88. The minimum Gasteiger partial charge on any atom is -0.384 e. The fourth-order valence-corrected chi connectivity index (χ4v) is 2.25. The minimum atomic E-state index is 0.0866. The van der Waals surface area contributed by atoms with E-state index >= 15 is 0 Å². The van der Waals surface area contributed by atoms with Crippen molar-refractivity contribution < 1.29 is 4.79 Å². The highest BCUT2D eigenvalue weighted by atomic mass is 16.2. The number of rotatable bonds is 2. The van der Waals surface area contributed by atoms with Gasteiger partial charge in [0.25, 0.3) is 0 Å². The SMILES string of the molecule is Nc1[nH]ncc1-c1cccc(N2CCNCC2=O)c1. The van der Waals surface area contributed by atoms with Crippen LogP contribution >= 0.6 is 0 Å². The summed E-state index contributed by atoms with van der Waals surface area (Å²) in [4.78, 5) is 13.7. The van der Waals surface area contributed by atoms with Crippen LogP contribution in [0.4, 0.5) is 11.5 Å². The number of nitrogens with one attached hydrogen (secondary N) is 2. The van der Waals surface area contributed by atoms with Crippen LogP contribution in [0.25, 0.3) is 11.1 Å². The van der Waals surface area contributed by atoms with Crippen molar-refractivity contribution in [2.45, 2.75) is 0 Å². The molecule has 1 saturated heterocycles. The molecule has 0 atom stereocenters. The Morgan fingerprint density at radius 3 is 3.00 bits per heavy atom. The van der Waals surface area contributed by atoms with Gasteiger partial charge in [0.05, 0.1) is 12.7 Å². The molecule has 0 bridgehead atoms. The third kappa shape index (κ3) is 2.17. The molecule has 1 aromatic carbocycles. The van der Waals surface area contributed by atoms with E-state index in [1.165, 1.54) is 0 Å². The van der Waals surface area contributed by atoms with Crippen LogP contribution in [0.3, 0.4) is 0 Å². The molecule has 6 heteroatoms. The standard InChI is InChI=1S/C13H15N5O/c14-13-11(7-16-17-13)9-2-1-3-10(6-9)18-5-4-15-8-12(18)19/h1-3,6-7,15H,4-5,8H2,(H3,14,16,17). The number of aromatic nitrogens is 2. The van der Waals surface area contributed by atoms with E-state index in [4.69, 9.17) is 5.73 Å². The lowest BCUT2D eigenvalue weighted by Gasteiger charge is -2.27. The first-order valence-corrected chi connectivity index (χ1v) is 6.16. The van der Waals surface area contributed by atoms with Gasteiger partial charge in [-0.15, -0.1) is 0 Å². The zero-order valence-corrected chi connectivity index (χ0v) is 10.4. The van der Waals surface area contributed by atoms with E-state index in [0.717, 1.165) is 23.4 Å². The van der Waals surface area contributed by atoms with Gasteiger partial charge in [0.1, 0.15) is 5.82 Å². The van der Waals surface area contributed by atoms with Crippen LogP contribution in [0.15, 0.2) is 30.5 Å². The summed E-state index contributed by atoms with van der Waals surface area (Å²) in [5.74, 6) is 0.618. The second kappa shape index (κ2) is 4.74. The van der Waals surface area contributed by atoms with Gasteiger partial charge in [-0.1, -0.05) is 12.1 Å². The smallest absolute Gasteiger partial charge is 0.240 e. The van der Waals surface area contributed by atoms with E-state index in [0.29, 0.717) is 18.9 Å². The van der Waals surface area contributed by atoms with E-state index in [-0.39, 0.29) is 5.91 Å². The molecule has 2 heterocycles. The number of H-pyrrole nitrogens is 1. The molecular weight excluding hydrogens is 242 g/mol. The molecule has 6 nitrogen and oxygen atoms in total. The third-order valence-electron chi connectivity index (χ3n) is 3.23. The van der Waals surface area contributed by atoms with Gasteiger partial charge >= 0.3 is 0 Å². The second-order valence-corrected chi connectivity index (χ2v) is 4.47. The van der Waals surface area contributed by atoms with Crippen molar-refractivity contribution in [1.82, 2.24) is 15.5 Å². The molecule has 0 aliphatic carbocycles. The normalized spacial score (nSPS) is 15.8. The number of amides is 1. The molecule has 19 heavy (non-hydrogen) atoms. The maximum atomic E-state index is 11.9. The largest absolute Gasteiger partial charge is 0.384 e. The number of aromatic amines is 1. The van der Waals surface area contributed by atoms with E-state index in [1.807, 2.05) is 24.3 Å². The third-order valence-corrected chi connectivity index (χ3v) is 3.23. The van der Waals surface area contributed by atoms with Gasteiger partial charge in [-0.05, 0) is 17.7 Å². The Balaban J connectivity index is 1.96. The number of nitrogens with two attached hydrogens (primary N) is 1. The number of carbonyl (C=O) groups is 1. The molecule has 98 valence electrons. The van der Waals surface area contributed by atoms with Gasteiger partial charge in [0, 0.05) is 24.3 Å². The molecule has 0 spiro atoms. The highest BCUT2D eigenvalue weighted by Crippen LogP contribution is 2.27. The number of nitrogen functional groups attached to an aromatic ring is 1. The number of benzene rings is 1. The highest BCUT2D eigenvalue weighted by Gasteiger charge is 2.19. The van der Waals surface area contributed by atoms with Crippen molar-refractivity contribution in [3.05, 3.63) is 30.5 Å². The quantitative estimate of drug-likeness (QED) is 0.735. The fraction of sp³-hybridized carbons (Fsp3) is 0.231. The molecule has 4 N–H and O–H groups in total. The molecule has 1 fully saturated rings. The molecule has 1 amide bonds. The molecule has 0 unspecified atom stereocenters. The molecule has 0 saturated carbocycles. The predicted octanol–water partition coefficient (Wildman–Crippen LogP) is 0.595. The van der Waals surface area contributed by atoms with Gasteiger partial charge in [-0.3, -0.25) is 9.89 Å². The van der Waals surface area contributed by atoms with E-state index in [1.54, 1.807) is 11.1 Å². The van der Waals surface area contributed by atoms with E-state index < -0.39 is 0 Å². The van der Waals surface area contributed by atoms with Crippen molar-refractivity contribution in [2.75, 3.05) is 30.3 Å². The summed E-state index contributed by atoms with van der Waals surface area (Å²) in [6, 6.07) is 7.78. The maximum Gasteiger partial charge on any atom is 0.240 e. The average molecular weight is 257 g/mol. The van der Waals surface area contributed by atoms with Crippen LogP contribution in [0, 0.1) is 0 Å². The van der Waals surface area contributed by atoms with Crippen LogP contribution in [0.5, 0.6) is 0 Å². The first-order valence-electron chi connectivity index (χ1n) is 6.16. The summed E-state index contributed by atoms with van der Waals surface area (Å²) in [6.07, 6.45) is 1.69. The molecule has 0 radical (unpaired) electrons. The Hall–Kier alpha value is -2.34. The van der Waals surface area contributed by atoms with Crippen molar-refractivity contribution in [3.8, 4) is 11.1 Å². The lowest BCUT2D eigenvalue weighted by molar-refractivity contribution is -0.118. The van der Waals surface area contributed by atoms with Crippen LogP contribution in [-0.4, -0.2) is 35.7 Å². The van der Waals surface area contributed by atoms with Gasteiger partial charge in [-0.2, -0.15) is 5.10 Å². The Bertz CT molecular complexity index is 607. The Kier molecular flexibility index (Phi) is 2.92. The van der Waals surface area contributed by atoms with Crippen LogP contribution in [0.2, 0.25) is 0 Å². The summed E-state index contributed by atoms with van der Waals surface area (Å²) in [7, 11) is 0. The minimum absolute atomic E-state index is 0.0866. The number of piperazine rings is 1. The number of carbonyl (C=O) groups excluding carboxylic acids is 1. The van der Waals surface area contributed by atoms with Gasteiger partial charge in [-0.25, -0.2) is 0 Å². The monoisotopic (exact) mass is 257 g/mol. The summed E-state index contributed by atoms with van der Waals surface area (Å²) in [5, 5.41) is 9.69. The summed E-state index contributed by atoms with van der Waals surface area (Å²) in [5.41, 5.74) is 8.52.